The molecule has 0 radical (unpaired) electrons. The third-order valence-electron chi connectivity index (χ3n) is 3.21. The van der Waals surface area contributed by atoms with Crippen LogP contribution in [0.5, 0.6) is 0 Å². The van der Waals surface area contributed by atoms with Crippen molar-refractivity contribution in [3.8, 4) is 6.07 Å². The van der Waals surface area contributed by atoms with E-state index >= 15 is 0 Å². The summed E-state index contributed by atoms with van der Waals surface area (Å²) in [5, 5.41) is 18.2. The van der Waals surface area contributed by atoms with Crippen LogP contribution >= 0.6 is 0 Å². The Labute approximate surface area is 107 Å². The number of nitrogens with zero attached hydrogens (tertiary/aromatic N) is 3. The summed E-state index contributed by atoms with van der Waals surface area (Å²) >= 11 is 0. The zero-order chi connectivity index (χ0) is 13.0. The van der Waals surface area contributed by atoms with E-state index in [-0.39, 0.29) is 18.8 Å². The van der Waals surface area contributed by atoms with E-state index in [1.807, 2.05) is 12.1 Å². The molecule has 1 N–H and O–H groups in total. The van der Waals surface area contributed by atoms with Crippen molar-refractivity contribution < 1.29 is 9.84 Å². The molecule has 1 aliphatic heterocycles. The van der Waals surface area contributed by atoms with Gasteiger partial charge >= 0.3 is 0 Å². The fourth-order valence-corrected chi connectivity index (χ4v) is 2.09. The maximum absolute atomic E-state index is 9.15. The van der Waals surface area contributed by atoms with Crippen molar-refractivity contribution in [3.05, 3.63) is 29.6 Å². The first kappa shape index (κ1) is 13.0. The molecule has 0 aliphatic carbocycles. The molecule has 2 unspecified atom stereocenters. The van der Waals surface area contributed by atoms with Gasteiger partial charge < -0.3 is 9.84 Å². The number of aliphatic hydroxyl groups excluding tert-OH is 1. The summed E-state index contributed by atoms with van der Waals surface area (Å²) in [5.74, 6) is 0. The smallest absolute Gasteiger partial charge is 0.144 e. The molecule has 1 aliphatic rings. The van der Waals surface area contributed by atoms with Gasteiger partial charge in [0.1, 0.15) is 11.8 Å². The molecule has 0 spiro atoms. The van der Waals surface area contributed by atoms with Crippen LogP contribution in [0, 0.1) is 11.3 Å². The van der Waals surface area contributed by atoms with Crippen molar-refractivity contribution >= 4 is 0 Å². The predicted molar refractivity (Wildman–Crippen MR) is 65.6 cm³/mol. The van der Waals surface area contributed by atoms with Crippen molar-refractivity contribution in [2.45, 2.75) is 25.6 Å². The van der Waals surface area contributed by atoms with Gasteiger partial charge in [0.25, 0.3) is 0 Å². The Hall–Kier alpha value is -1.48. The zero-order valence-electron chi connectivity index (χ0n) is 10.4. The number of pyridine rings is 1. The highest BCUT2D eigenvalue weighted by Gasteiger charge is 2.26. The summed E-state index contributed by atoms with van der Waals surface area (Å²) in [5.41, 5.74) is 1.39. The fraction of sp³-hybridized carbons (Fsp3) is 0.538. The van der Waals surface area contributed by atoms with E-state index in [9.17, 15) is 0 Å². The number of ether oxygens (including phenoxy) is 1. The summed E-state index contributed by atoms with van der Waals surface area (Å²) in [6, 6.07) is 6.14. The van der Waals surface area contributed by atoms with E-state index < -0.39 is 0 Å². The topological polar surface area (TPSA) is 69.4 Å². The average Bonchev–Trinajstić information content (AvgIpc) is 2.42. The first-order valence-corrected chi connectivity index (χ1v) is 6.05. The number of aliphatic hydroxyl groups is 1. The highest BCUT2D eigenvalue weighted by Crippen LogP contribution is 2.16. The maximum atomic E-state index is 9.15. The standard InChI is InChI=1S/C13H17N3O2/c1-10-9-18-12(8-17)7-16(10)6-11-3-2-4-15-13(11)5-14/h2-4,10,12,17H,6-9H2,1H3. The summed E-state index contributed by atoms with van der Waals surface area (Å²) in [6.45, 7) is 4.06. The van der Waals surface area contributed by atoms with E-state index in [1.54, 1.807) is 6.20 Å². The lowest BCUT2D eigenvalue weighted by Gasteiger charge is -2.37. The molecular weight excluding hydrogens is 230 g/mol. The normalized spacial score (nSPS) is 24.7. The van der Waals surface area contributed by atoms with Gasteiger partial charge in [-0.25, -0.2) is 4.98 Å². The predicted octanol–water partition coefficient (Wildman–Crippen LogP) is 0.535. The van der Waals surface area contributed by atoms with Gasteiger partial charge in [0.15, 0.2) is 0 Å². The van der Waals surface area contributed by atoms with Crippen LogP contribution in [0.2, 0.25) is 0 Å². The molecule has 1 aromatic heterocycles. The van der Waals surface area contributed by atoms with E-state index in [1.165, 1.54) is 0 Å². The van der Waals surface area contributed by atoms with Gasteiger partial charge in [0, 0.05) is 30.9 Å². The lowest BCUT2D eigenvalue weighted by atomic mass is 10.1. The summed E-state index contributed by atoms with van der Waals surface area (Å²) in [6.07, 6.45) is 1.49. The van der Waals surface area contributed by atoms with Crippen LogP contribution in [-0.4, -0.2) is 46.9 Å². The minimum Gasteiger partial charge on any atom is -0.394 e. The molecular formula is C13H17N3O2. The van der Waals surface area contributed by atoms with Crippen LogP contribution in [0.3, 0.4) is 0 Å². The van der Waals surface area contributed by atoms with Gasteiger partial charge in [-0.15, -0.1) is 0 Å². The molecule has 5 heteroatoms. The SMILES string of the molecule is CC1COC(CO)CN1Cc1cccnc1C#N. The van der Waals surface area contributed by atoms with Gasteiger partial charge in [-0.05, 0) is 13.0 Å². The van der Waals surface area contributed by atoms with Crippen LogP contribution in [0.4, 0.5) is 0 Å². The molecule has 1 fully saturated rings. The second-order valence-corrected chi connectivity index (χ2v) is 4.54. The zero-order valence-corrected chi connectivity index (χ0v) is 10.4. The monoisotopic (exact) mass is 247 g/mol. The van der Waals surface area contributed by atoms with Crippen LogP contribution < -0.4 is 0 Å². The third-order valence-corrected chi connectivity index (χ3v) is 3.21. The first-order valence-electron chi connectivity index (χ1n) is 6.05. The molecule has 5 nitrogen and oxygen atoms in total. The van der Waals surface area contributed by atoms with Crippen molar-refractivity contribution in [2.75, 3.05) is 19.8 Å². The second kappa shape index (κ2) is 5.91. The summed E-state index contributed by atoms with van der Waals surface area (Å²) in [7, 11) is 0. The minimum atomic E-state index is -0.136. The van der Waals surface area contributed by atoms with Crippen molar-refractivity contribution in [3.63, 3.8) is 0 Å². The highest BCUT2D eigenvalue weighted by atomic mass is 16.5. The fourth-order valence-electron chi connectivity index (χ4n) is 2.09. The van der Waals surface area contributed by atoms with E-state index in [4.69, 9.17) is 15.1 Å². The molecule has 1 aromatic rings. The molecule has 2 rings (SSSR count). The third kappa shape index (κ3) is 2.85. The molecule has 0 saturated carbocycles. The molecule has 18 heavy (non-hydrogen) atoms. The quantitative estimate of drug-likeness (QED) is 0.844. The summed E-state index contributed by atoms with van der Waals surface area (Å²) < 4.78 is 5.49. The van der Waals surface area contributed by atoms with Crippen molar-refractivity contribution in [1.29, 1.82) is 5.26 Å². The lowest BCUT2D eigenvalue weighted by molar-refractivity contribution is -0.0805. The Morgan fingerprint density at radius 2 is 2.50 bits per heavy atom. The van der Waals surface area contributed by atoms with E-state index in [2.05, 4.69) is 22.9 Å². The Morgan fingerprint density at radius 1 is 1.67 bits per heavy atom. The van der Waals surface area contributed by atoms with Crippen LogP contribution in [0.15, 0.2) is 18.3 Å². The molecule has 1 saturated heterocycles. The van der Waals surface area contributed by atoms with E-state index in [0.29, 0.717) is 25.4 Å². The second-order valence-electron chi connectivity index (χ2n) is 4.54. The van der Waals surface area contributed by atoms with Gasteiger partial charge in [-0.3, -0.25) is 4.90 Å². The Balaban J connectivity index is 2.10. The molecule has 0 bridgehead atoms. The number of morpholine rings is 1. The van der Waals surface area contributed by atoms with Crippen LogP contribution in [0.1, 0.15) is 18.2 Å². The number of aromatic nitrogens is 1. The highest BCUT2D eigenvalue weighted by molar-refractivity contribution is 5.30. The Bertz CT molecular complexity index is 444. The summed E-state index contributed by atoms with van der Waals surface area (Å²) in [4.78, 5) is 6.27. The maximum Gasteiger partial charge on any atom is 0.144 e. The molecule has 0 aromatic carbocycles. The molecule has 0 amide bonds. The van der Waals surface area contributed by atoms with Gasteiger partial charge in [-0.2, -0.15) is 5.26 Å². The number of rotatable bonds is 3. The number of nitriles is 1. The Kier molecular flexibility index (Phi) is 4.26. The largest absolute Gasteiger partial charge is 0.394 e. The van der Waals surface area contributed by atoms with Crippen LogP contribution in [0.25, 0.3) is 0 Å². The van der Waals surface area contributed by atoms with Gasteiger partial charge in [0.05, 0.1) is 19.3 Å². The number of hydrogen-bond donors (Lipinski definition) is 1. The molecule has 2 atom stereocenters. The van der Waals surface area contributed by atoms with Gasteiger partial charge in [-0.1, -0.05) is 6.07 Å². The number of hydrogen-bond acceptors (Lipinski definition) is 5. The Morgan fingerprint density at radius 3 is 3.22 bits per heavy atom. The molecule has 96 valence electrons. The van der Waals surface area contributed by atoms with Gasteiger partial charge in [0.2, 0.25) is 0 Å². The average molecular weight is 247 g/mol. The minimum absolute atomic E-state index is 0.0291. The van der Waals surface area contributed by atoms with Crippen LogP contribution in [-0.2, 0) is 11.3 Å². The molecule has 2 heterocycles. The first-order chi connectivity index (χ1) is 8.74. The lowest BCUT2D eigenvalue weighted by Crippen LogP contribution is -2.48. The van der Waals surface area contributed by atoms with E-state index in [0.717, 1.165) is 5.56 Å². The van der Waals surface area contributed by atoms with Crippen molar-refractivity contribution in [1.82, 2.24) is 9.88 Å². The van der Waals surface area contributed by atoms with Crippen molar-refractivity contribution in [2.24, 2.45) is 0 Å².